The summed E-state index contributed by atoms with van der Waals surface area (Å²) in [5, 5.41) is 29.5. The van der Waals surface area contributed by atoms with E-state index < -0.39 is 19.7 Å². The van der Waals surface area contributed by atoms with Crippen molar-refractivity contribution in [2.24, 2.45) is 0 Å². The zero-order valence-corrected chi connectivity index (χ0v) is 48.7. The van der Waals surface area contributed by atoms with E-state index in [-0.39, 0.29) is 60.8 Å². The Kier molecular flexibility index (Phi) is 20.2. The van der Waals surface area contributed by atoms with Crippen molar-refractivity contribution >= 4 is 96.3 Å². The third kappa shape index (κ3) is 14.8. The molecule has 2 aliphatic rings. The predicted octanol–water partition coefficient (Wildman–Crippen LogP) is 10.8. The number of halogens is 4. The van der Waals surface area contributed by atoms with Gasteiger partial charge in [0, 0.05) is 65.7 Å². The molecule has 2 aliphatic heterocycles. The molecule has 0 bridgehead atoms. The quantitative estimate of drug-likeness (QED) is 0.0293. The molecule has 2 saturated heterocycles. The highest BCUT2D eigenvalue weighted by molar-refractivity contribution is 7.90. The Morgan fingerprint density at radius 3 is 1.46 bits per heavy atom. The van der Waals surface area contributed by atoms with Crippen molar-refractivity contribution in [2.45, 2.75) is 23.7 Å². The topological polar surface area (TPSA) is 322 Å². The van der Waals surface area contributed by atoms with Crippen LogP contribution in [0.2, 0.25) is 20.1 Å². The third-order valence-corrected chi connectivity index (χ3v) is 14.7. The molecule has 84 heavy (non-hydrogen) atoms. The van der Waals surface area contributed by atoms with Gasteiger partial charge in [-0.3, -0.25) is 20.2 Å². The molecule has 0 spiro atoms. The molecule has 438 valence electrons. The molecule has 4 aromatic heterocycles. The zero-order chi connectivity index (χ0) is 60.2. The van der Waals surface area contributed by atoms with Gasteiger partial charge in [0.15, 0.2) is 14.9 Å². The van der Waals surface area contributed by atoms with Crippen LogP contribution in [-0.4, -0.2) is 121 Å². The number of hydrogen-bond donors (Lipinski definition) is 3. The second-order valence-electron chi connectivity index (χ2n) is 17.8. The standard InChI is InChI=1S/C27H23Cl2N5O6.C18H16Cl2N4O4S.C9H10N2O4/c1-37-22-11-23(38-2)25(29)26(24(22)28)33-27-19(4-3-7-30-27)20-9-16(31-14-32-20)8-15-5-6-17(10-21(15)34(35)36)40-18-12-39-13-18;1-27-12-8-13(28-2)16(20)17(15(12)19)24-18-10(5-4-6-21-18)11-7-14(23-9-22-11)29(3,25)26;10-8-2-1-6(3-9(8)11(12)13)15-7-4-14-5-7/h3-7,9-11,14,18H,8,12-13H2,1-2H3,(H,30,33);4-9H,1-3H3,(H,21,24);1-3,7H,4-5,10H2. The van der Waals surface area contributed by atoms with Crippen LogP contribution < -0.4 is 44.8 Å². The molecule has 8 aromatic rings. The summed E-state index contributed by atoms with van der Waals surface area (Å²) in [7, 11) is 2.41. The van der Waals surface area contributed by atoms with Gasteiger partial charge in [0.2, 0.25) is 0 Å². The van der Waals surface area contributed by atoms with Crippen molar-refractivity contribution in [1.82, 2.24) is 29.9 Å². The summed E-state index contributed by atoms with van der Waals surface area (Å²) in [6.07, 6.45) is 6.91. The molecule has 6 heterocycles. The van der Waals surface area contributed by atoms with Crippen molar-refractivity contribution in [3.63, 3.8) is 0 Å². The number of aromatic nitrogens is 6. The summed E-state index contributed by atoms with van der Waals surface area (Å²) in [6, 6.07) is 22.5. The summed E-state index contributed by atoms with van der Waals surface area (Å²) in [5.74, 6) is 3.08. The van der Waals surface area contributed by atoms with Crippen molar-refractivity contribution in [3.05, 3.63) is 162 Å². The van der Waals surface area contributed by atoms with E-state index in [1.165, 1.54) is 65.4 Å². The summed E-state index contributed by atoms with van der Waals surface area (Å²) in [6.45, 7) is 1.98. The van der Waals surface area contributed by atoms with Gasteiger partial charge in [0.05, 0.1) is 99.6 Å². The fraction of sp³-hybridized carbons (Fsp3) is 0.222. The van der Waals surface area contributed by atoms with Crippen LogP contribution in [0.25, 0.3) is 22.5 Å². The first-order valence-electron chi connectivity index (χ1n) is 24.6. The van der Waals surface area contributed by atoms with E-state index >= 15 is 0 Å². The van der Waals surface area contributed by atoms with E-state index in [0.717, 1.165) is 6.26 Å². The molecule has 4 aromatic carbocycles. The number of nitrogens with two attached hydrogens (primary N) is 1. The van der Waals surface area contributed by atoms with Crippen LogP contribution in [0.1, 0.15) is 11.3 Å². The lowest BCUT2D eigenvalue weighted by molar-refractivity contribution is -0.385. The number of methoxy groups -OCH3 is 4. The number of nitro groups is 2. The Bertz CT molecular complexity index is 3790. The van der Waals surface area contributed by atoms with Crippen LogP contribution in [-0.2, 0) is 25.7 Å². The maximum Gasteiger partial charge on any atom is 0.295 e. The van der Waals surface area contributed by atoms with Gasteiger partial charge < -0.3 is 54.3 Å². The number of anilines is 5. The highest BCUT2D eigenvalue weighted by Crippen LogP contribution is 2.47. The van der Waals surface area contributed by atoms with Gasteiger partial charge in [-0.25, -0.2) is 38.3 Å². The van der Waals surface area contributed by atoms with Gasteiger partial charge in [-0.1, -0.05) is 46.4 Å². The summed E-state index contributed by atoms with van der Waals surface area (Å²) < 4.78 is 66.1. The number of nitrogens with zero attached hydrogens (tertiary/aromatic N) is 8. The molecular formula is C54H49Cl4N11O14S. The average Bonchev–Trinajstić information content (AvgIpc) is 1.81. The second-order valence-corrected chi connectivity index (χ2v) is 21.3. The van der Waals surface area contributed by atoms with Gasteiger partial charge in [-0.15, -0.1) is 0 Å². The van der Waals surface area contributed by atoms with Crippen molar-refractivity contribution < 1.29 is 56.2 Å². The fourth-order valence-electron chi connectivity index (χ4n) is 7.82. The van der Waals surface area contributed by atoms with Crippen molar-refractivity contribution in [2.75, 3.05) is 77.5 Å². The number of nitrogens with one attached hydrogen (secondary N) is 2. The lowest BCUT2D eigenvalue weighted by Crippen LogP contribution is -2.38. The average molecular weight is 1250 g/mol. The minimum absolute atomic E-state index is 0.00627. The van der Waals surface area contributed by atoms with E-state index in [1.54, 1.807) is 67.0 Å². The highest BCUT2D eigenvalue weighted by atomic mass is 35.5. The SMILES string of the molecule is COc1cc(OC)c(Cl)c(Nc2ncccc2-c2cc(Cc3ccc(OC4COC4)cc3[N+](=O)[O-])ncn2)c1Cl.COc1cc(OC)c(Cl)c(Nc2ncccc2-c2cc(S(C)(=O)=O)ncn2)c1Cl.Nc1ccc(OC2COC2)cc1[N+](=O)[O-]. The van der Waals surface area contributed by atoms with Crippen LogP contribution in [0.3, 0.4) is 0 Å². The Labute approximate surface area is 499 Å². The molecule has 10 rings (SSSR count). The van der Waals surface area contributed by atoms with E-state index in [1.807, 2.05) is 6.07 Å². The summed E-state index contributed by atoms with van der Waals surface area (Å²) in [5.41, 5.74) is 9.16. The second kappa shape index (κ2) is 27.6. The number of nitrogen functional groups attached to an aromatic ring is 1. The van der Waals surface area contributed by atoms with Gasteiger partial charge in [0.25, 0.3) is 11.4 Å². The lowest BCUT2D eigenvalue weighted by Gasteiger charge is -2.26. The molecule has 30 heteroatoms. The first kappa shape index (κ1) is 61.4. The smallest absolute Gasteiger partial charge is 0.295 e. The van der Waals surface area contributed by atoms with E-state index in [2.05, 4.69) is 40.5 Å². The number of pyridine rings is 2. The lowest BCUT2D eigenvalue weighted by atomic mass is 10.0. The number of ether oxygens (including phenoxy) is 8. The Hall–Kier alpha value is -8.63. The summed E-state index contributed by atoms with van der Waals surface area (Å²) >= 11 is 25.9. The summed E-state index contributed by atoms with van der Waals surface area (Å²) in [4.78, 5) is 47.0. The largest absolute Gasteiger partial charge is 0.495 e. The monoisotopic (exact) mass is 1250 g/mol. The predicted molar refractivity (Wildman–Crippen MR) is 313 cm³/mol. The normalized spacial score (nSPS) is 12.8. The first-order chi connectivity index (χ1) is 40.3. The number of benzene rings is 4. The van der Waals surface area contributed by atoms with E-state index in [4.69, 9.17) is 90.0 Å². The molecule has 2 fully saturated rings. The molecule has 0 saturated carbocycles. The maximum absolute atomic E-state index is 11.8. The number of sulfone groups is 1. The first-order valence-corrected chi connectivity index (χ1v) is 28.0. The molecule has 0 atom stereocenters. The minimum Gasteiger partial charge on any atom is -0.495 e. The molecule has 25 nitrogen and oxygen atoms in total. The Balaban J connectivity index is 0.000000182. The maximum atomic E-state index is 11.8. The van der Waals surface area contributed by atoms with Gasteiger partial charge in [0.1, 0.15) is 96.8 Å². The van der Waals surface area contributed by atoms with Gasteiger partial charge in [-0.2, -0.15) is 0 Å². The zero-order valence-electron chi connectivity index (χ0n) is 44.9. The van der Waals surface area contributed by atoms with Gasteiger partial charge in [-0.05, 0) is 54.6 Å². The molecule has 0 radical (unpaired) electrons. The Morgan fingerprint density at radius 2 is 1.04 bits per heavy atom. The van der Waals surface area contributed by atoms with Crippen molar-refractivity contribution in [1.29, 1.82) is 0 Å². The van der Waals surface area contributed by atoms with Crippen molar-refractivity contribution in [3.8, 4) is 57.0 Å². The van der Waals surface area contributed by atoms with Crippen LogP contribution in [0, 0.1) is 20.2 Å². The minimum atomic E-state index is -3.50. The number of hydrogen-bond acceptors (Lipinski definition) is 23. The Morgan fingerprint density at radius 1 is 0.595 bits per heavy atom. The van der Waals surface area contributed by atoms with Crippen LogP contribution in [0.15, 0.2) is 115 Å². The van der Waals surface area contributed by atoms with E-state index in [9.17, 15) is 28.6 Å². The fourth-order valence-corrected chi connectivity index (χ4v) is 9.57. The van der Waals surface area contributed by atoms with Crippen LogP contribution in [0.4, 0.5) is 40.1 Å². The number of rotatable bonds is 19. The van der Waals surface area contributed by atoms with Crippen LogP contribution >= 0.6 is 46.4 Å². The highest BCUT2D eigenvalue weighted by Gasteiger charge is 2.26. The molecule has 4 N–H and O–H groups in total. The molecular weight excluding hydrogens is 1200 g/mol. The molecule has 0 aliphatic carbocycles. The number of nitro benzene ring substituents is 2. The molecule has 0 amide bonds. The third-order valence-electron chi connectivity index (χ3n) is 12.2. The van der Waals surface area contributed by atoms with Crippen LogP contribution in [0.5, 0.6) is 34.5 Å². The molecule has 0 unspecified atom stereocenters. The van der Waals surface area contributed by atoms with Gasteiger partial charge >= 0.3 is 0 Å². The van der Waals surface area contributed by atoms with E-state index in [0.29, 0.717) is 118 Å².